The highest BCUT2D eigenvalue weighted by atomic mass is 16.1. The number of amides is 1. The van der Waals surface area contributed by atoms with Crippen LogP contribution in [-0.4, -0.2) is 17.4 Å². The zero-order valence-electron chi connectivity index (χ0n) is 11.8. The van der Waals surface area contributed by atoms with Gasteiger partial charge in [-0.1, -0.05) is 6.07 Å². The lowest BCUT2D eigenvalue weighted by Gasteiger charge is -2.15. The molecule has 1 unspecified atom stereocenters. The molecule has 0 fully saturated rings. The first-order chi connectivity index (χ1) is 9.70. The van der Waals surface area contributed by atoms with Crippen LogP contribution in [0.4, 0.5) is 5.69 Å². The molecule has 20 heavy (non-hydrogen) atoms. The summed E-state index contributed by atoms with van der Waals surface area (Å²) in [6, 6.07) is 11.6. The van der Waals surface area contributed by atoms with Crippen molar-refractivity contribution in [2.24, 2.45) is 0 Å². The molecule has 4 nitrogen and oxygen atoms in total. The Labute approximate surface area is 119 Å². The number of pyridine rings is 1. The normalized spacial score (nSPS) is 11.7. The molecule has 2 rings (SSSR count). The minimum absolute atomic E-state index is 0.0423. The van der Waals surface area contributed by atoms with Gasteiger partial charge in [-0.15, -0.1) is 0 Å². The first kappa shape index (κ1) is 14.1. The third kappa shape index (κ3) is 3.57. The monoisotopic (exact) mass is 269 g/mol. The number of hydrogen-bond acceptors (Lipinski definition) is 3. The van der Waals surface area contributed by atoms with Crippen LogP contribution in [0.25, 0.3) is 0 Å². The lowest BCUT2D eigenvalue weighted by Crippen LogP contribution is -2.22. The van der Waals surface area contributed by atoms with Gasteiger partial charge in [0, 0.05) is 30.2 Å². The number of hydrogen-bond donors (Lipinski definition) is 2. The Morgan fingerprint density at radius 2 is 2.00 bits per heavy atom. The highest BCUT2D eigenvalue weighted by Gasteiger charge is 2.06. The molecule has 0 spiro atoms. The third-order valence-electron chi connectivity index (χ3n) is 3.05. The zero-order valence-corrected chi connectivity index (χ0v) is 11.8. The van der Waals surface area contributed by atoms with Crippen molar-refractivity contribution in [1.82, 2.24) is 10.3 Å². The van der Waals surface area contributed by atoms with E-state index in [1.165, 1.54) is 0 Å². The number of carbonyl (C=O) groups is 1. The lowest BCUT2D eigenvalue weighted by molar-refractivity contribution is 0.0956. The predicted molar refractivity (Wildman–Crippen MR) is 80.7 cm³/mol. The molecule has 0 aliphatic carbocycles. The summed E-state index contributed by atoms with van der Waals surface area (Å²) >= 11 is 0. The summed E-state index contributed by atoms with van der Waals surface area (Å²) in [5.41, 5.74) is 2.78. The Kier molecular flexibility index (Phi) is 4.71. The Balaban J connectivity index is 2.02. The van der Waals surface area contributed by atoms with Gasteiger partial charge in [-0.25, -0.2) is 0 Å². The zero-order chi connectivity index (χ0) is 14.4. The SMILES string of the molecule is CCNC(=O)c1ccc(NC(C)c2cccnc2)cc1. The lowest BCUT2D eigenvalue weighted by atomic mass is 10.1. The first-order valence-electron chi connectivity index (χ1n) is 6.75. The van der Waals surface area contributed by atoms with Gasteiger partial charge < -0.3 is 10.6 Å². The van der Waals surface area contributed by atoms with Gasteiger partial charge in [0.1, 0.15) is 0 Å². The quantitative estimate of drug-likeness (QED) is 0.877. The van der Waals surface area contributed by atoms with Crippen LogP contribution >= 0.6 is 0 Å². The van der Waals surface area contributed by atoms with E-state index in [9.17, 15) is 4.79 Å². The van der Waals surface area contributed by atoms with E-state index >= 15 is 0 Å². The molecule has 1 aromatic carbocycles. The first-order valence-corrected chi connectivity index (χ1v) is 6.75. The molecule has 104 valence electrons. The van der Waals surface area contributed by atoms with Crippen LogP contribution in [0.2, 0.25) is 0 Å². The van der Waals surface area contributed by atoms with E-state index in [1.807, 2.05) is 49.5 Å². The molecule has 1 amide bonds. The van der Waals surface area contributed by atoms with Crippen molar-refractivity contribution in [3.8, 4) is 0 Å². The van der Waals surface area contributed by atoms with Crippen LogP contribution < -0.4 is 10.6 Å². The number of carbonyl (C=O) groups excluding carboxylic acids is 1. The van der Waals surface area contributed by atoms with Crippen molar-refractivity contribution in [1.29, 1.82) is 0 Å². The van der Waals surface area contributed by atoms with Gasteiger partial charge in [0.25, 0.3) is 5.91 Å². The fraction of sp³-hybridized carbons (Fsp3) is 0.250. The van der Waals surface area contributed by atoms with Crippen molar-refractivity contribution in [3.63, 3.8) is 0 Å². The van der Waals surface area contributed by atoms with Gasteiger partial charge in [0.15, 0.2) is 0 Å². The Hall–Kier alpha value is -2.36. The van der Waals surface area contributed by atoms with Crippen LogP contribution in [0.3, 0.4) is 0 Å². The van der Waals surface area contributed by atoms with Crippen LogP contribution in [0.1, 0.15) is 35.8 Å². The average molecular weight is 269 g/mol. The largest absolute Gasteiger partial charge is 0.378 e. The van der Waals surface area contributed by atoms with Crippen molar-refractivity contribution in [2.45, 2.75) is 19.9 Å². The molecule has 1 aromatic heterocycles. The number of anilines is 1. The summed E-state index contributed by atoms with van der Waals surface area (Å²) in [5, 5.41) is 6.16. The maximum absolute atomic E-state index is 11.7. The molecule has 0 radical (unpaired) electrons. The maximum Gasteiger partial charge on any atom is 0.251 e. The second-order valence-corrected chi connectivity index (χ2v) is 4.59. The summed E-state index contributed by atoms with van der Waals surface area (Å²) in [5.74, 6) is -0.0423. The van der Waals surface area contributed by atoms with Gasteiger partial charge in [-0.05, 0) is 49.7 Å². The molecule has 0 saturated carbocycles. The molecule has 0 aliphatic heterocycles. The second kappa shape index (κ2) is 6.70. The summed E-state index contributed by atoms with van der Waals surface area (Å²) in [6.45, 7) is 4.62. The number of benzene rings is 1. The minimum atomic E-state index is -0.0423. The second-order valence-electron chi connectivity index (χ2n) is 4.59. The van der Waals surface area contributed by atoms with E-state index in [0.717, 1.165) is 11.3 Å². The molecular formula is C16H19N3O. The van der Waals surface area contributed by atoms with E-state index in [2.05, 4.69) is 22.5 Å². The van der Waals surface area contributed by atoms with E-state index < -0.39 is 0 Å². The Bertz CT molecular complexity index is 552. The number of rotatable bonds is 5. The van der Waals surface area contributed by atoms with Crippen molar-refractivity contribution in [2.75, 3.05) is 11.9 Å². The molecule has 0 bridgehead atoms. The molecule has 0 saturated heterocycles. The maximum atomic E-state index is 11.7. The standard InChI is InChI=1S/C16H19N3O/c1-3-18-16(20)13-6-8-15(9-7-13)19-12(2)14-5-4-10-17-11-14/h4-12,19H,3H2,1-2H3,(H,18,20). The van der Waals surface area contributed by atoms with Crippen molar-refractivity contribution in [3.05, 3.63) is 59.9 Å². The molecule has 2 N–H and O–H groups in total. The van der Waals surface area contributed by atoms with Gasteiger partial charge in [-0.3, -0.25) is 9.78 Å². The molecule has 0 aliphatic rings. The Morgan fingerprint density at radius 1 is 1.25 bits per heavy atom. The average Bonchev–Trinajstić information content (AvgIpc) is 2.49. The molecule has 2 aromatic rings. The number of nitrogens with zero attached hydrogens (tertiary/aromatic N) is 1. The van der Waals surface area contributed by atoms with Crippen molar-refractivity contribution < 1.29 is 4.79 Å². The fourth-order valence-electron chi connectivity index (χ4n) is 1.95. The van der Waals surface area contributed by atoms with E-state index in [1.54, 1.807) is 6.20 Å². The van der Waals surface area contributed by atoms with Gasteiger partial charge in [0.05, 0.1) is 6.04 Å². The van der Waals surface area contributed by atoms with Gasteiger partial charge in [-0.2, -0.15) is 0 Å². The number of aromatic nitrogens is 1. The third-order valence-corrected chi connectivity index (χ3v) is 3.05. The summed E-state index contributed by atoms with van der Waals surface area (Å²) in [6.07, 6.45) is 3.61. The van der Waals surface area contributed by atoms with Crippen LogP contribution in [-0.2, 0) is 0 Å². The fourth-order valence-corrected chi connectivity index (χ4v) is 1.95. The minimum Gasteiger partial charge on any atom is -0.378 e. The Morgan fingerprint density at radius 3 is 2.60 bits per heavy atom. The van der Waals surface area contributed by atoms with Crippen LogP contribution in [0, 0.1) is 0 Å². The van der Waals surface area contributed by atoms with E-state index in [0.29, 0.717) is 12.1 Å². The molecular weight excluding hydrogens is 250 g/mol. The van der Waals surface area contributed by atoms with Gasteiger partial charge in [0.2, 0.25) is 0 Å². The topological polar surface area (TPSA) is 54.0 Å². The van der Waals surface area contributed by atoms with Crippen molar-refractivity contribution >= 4 is 11.6 Å². The highest BCUT2D eigenvalue weighted by Crippen LogP contribution is 2.18. The molecule has 4 heteroatoms. The molecule has 1 heterocycles. The predicted octanol–water partition coefficient (Wildman–Crippen LogP) is 3.00. The summed E-state index contributed by atoms with van der Waals surface area (Å²) < 4.78 is 0. The smallest absolute Gasteiger partial charge is 0.251 e. The van der Waals surface area contributed by atoms with E-state index in [4.69, 9.17) is 0 Å². The highest BCUT2D eigenvalue weighted by molar-refractivity contribution is 5.94. The summed E-state index contributed by atoms with van der Waals surface area (Å²) in [4.78, 5) is 15.8. The van der Waals surface area contributed by atoms with Crippen LogP contribution in [0.15, 0.2) is 48.8 Å². The van der Waals surface area contributed by atoms with Gasteiger partial charge >= 0.3 is 0 Å². The van der Waals surface area contributed by atoms with E-state index in [-0.39, 0.29) is 11.9 Å². The summed E-state index contributed by atoms with van der Waals surface area (Å²) in [7, 11) is 0. The van der Waals surface area contributed by atoms with Crippen LogP contribution in [0.5, 0.6) is 0 Å². The number of nitrogens with one attached hydrogen (secondary N) is 2. The molecule has 1 atom stereocenters.